The zero-order valence-electron chi connectivity index (χ0n) is 24.9. The standard InChI is InChI=1S/C34H46N2O3/c1-21-23-9-10-32(5)26(31(23,4)18-22(20-35)28(21)38)17-25(37)27-24-19-30(2,3)11-13-34(24,14-12-33(27,32)6)29(39)36-15-7-8-16-36/h17-18,21,23-24,27H,7-16,19H2,1-6H3/t21-,23-,24?,27?,31-,32+,33+,34-/m0/s1. The van der Waals surface area contributed by atoms with Crippen LogP contribution in [0.2, 0.25) is 0 Å². The number of carbonyl (C=O) groups excluding carboxylic acids is 3. The molecule has 1 saturated heterocycles. The smallest absolute Gasteiger partial charge is 0.229 e. The van der Waals surface area contributed by atoms with Gasteiger partial charge in [-0.2, -0.15) is 5.26 Å². The fourth-order valence-electron chi connectivity index (χ4n) is 10.9. The summed E-state index contributed by atoms with van der Waals surface area (Å²) < 4.78 is 0. The molecule has 1 aliphatic heterocycles. The normalized spacial score (nSPS) is 46.6. The van der Waals surface area contributed by atoms with Crippen LogP contribution in [-0.2, 0) is 14.4 Å². The molecular formula is C34H46N2O3. The molecule has 0 radical (unpaired) electrons. The summed E-state index contributed by atoms with van der Waals surface area (Å²) in [5.74, 6) is 0.213. The minimum absolute atomic E-state index is 0.0530. The van der Waals surface area contributed by atoms with Gasteiger partial charge in [0.15, 0.2) is 11.6 Å². The number of fused-ring (bicyclic) bond motifs is 7. The quantitative estimate of drug-likeness (QED) is 0.391. The van der Waals surface area contributed by atoms with Crippen molar-refractivity contribution in [3.63, 3.8) is 0 Å². The molecule has 0 aromatic rings. The lowest BCUT2D eigenvalue weighted by atomic mass is 9.34. The number of allylic oxidation sites excluding steroid dienone is 4. The first-order valence-electron chi connectivity index (χ1n) is 15.5. The molecule has 5 nitrogen and oxygen atoms in total. The van der Waals surface area contributed by atoms with Crippen LogP contribution in [0.1, 0.15) is 99.3 Å². The first-order valence-corrected chi connectivity index (χ1v) is 15.5. The van der Waals surface area contributed by atoms with Gasteiger partial charge in [0.1, 0.15) is 6.07 Å². The van der Waals surface area contributed by atoms with Crippen molar-refractivity contribution in [1.82, 2.24) is 4.90 Å². The lowest BCUT2D eigenvalue weighted by molar-refractivity contribution is -0.183. The molecule has 0 aromatic carbocycles. The molecule has 0 aromatic heterocycles. The Morgan fingerprint density at radius 1 is 0.974 bits per heavy atom. The van der Waals surface area contributed by atoms with Crippen molar-refractivity contribution in [2.24, 2.45) is 50.7 Å². The van der Waals surface area contributed by atoms with Crippen LogP contribution in [0, 0.1) is 62.1 Å². The van der Waals surface area contributed by atoms with E-state index in [-0.39, 0.29) is 57.1 Å². The Morgan fingerprint density at radius 3 is 2.31 bits per heavy atom. The first-order chi connectivity index (χ1) is 18.2. The van der Waals surface area contributed by atoms with Crippen molar-refractivity contribution in [3.8, 4) is 6.07 Å². The maximum atomic E-state index is 14.5. The van der Waals surface area contributed by atoms with Crippen LogP contribution in [0.3, 0.4) is 0 Å². The van der Waals surface area contributed by atoms with E-state index < -0.39 is 10.8 Å². The third-order valence-corrected chi connectivity index (χ3v) is 13.3. The number of ketones is 2. The van der Waals surface area contributed by atoms with Crippen molar-refractivity contribution in [1.29, 1.82) is 5.26 Å². The van der Waals surface area contributed by atoms with Gasteiger partial charge in [-0.15, -0.1) is 0 Å². The van der Waals surface area contributed by atoms with Gasteiger partial charge >= 0.3 is 0 Å². The van der Waals surface area contributed by atoms with Crippen LogP contribution in [0.25, 0.3) is 0 Å². The van der Waals surface area contributed by atoms with Crippen LogP contribution < -0.4 is 0 Å². The van der Waals surface area contributed by atoms with Crippen LogP contribution in [0.15, 0.2) is 23.3 Å². The number of hydrogen-bond acceptors (Lipinski definition) is 4. The van der Waals surface area contributed by atoms with E-state index in [2.05, 4.69) is 45.6 Å². The van der Waals surface area contributed by atoms with Gasteiger partial charge < -0.3 is 4.90 Å². The molecule has 0 bridgehead atoms. The second-order valence-corrected chi connectivity index (χ2v) is 15.6. The first kappa shape index (κ1) is 27.0. The van der Waals surface area contributed by atoms with E-state index in [0.29, 0.717) is 5.91 Å². The third-order valence-electron chi connectivity index (χ3n) is 13.3. The van der Waals surface area contributed by atoms with E-state index in [9.17, 15) is 19.6 Å². The van der Waals surface area contributed by atoms with Gasteiger partial charge in [-0.05, 0) is 91.9 Å². The van der Waals surface area contributed by atoms with Crippen LogP contribution in [0.4, 0.5) is 0 Å². The zero-order valence-corrected chi connectivity index (χ0v) is 24.9. The molecule has 5 heteroatoms. The topological polar surface area (TPSA) is 78.2 Å². The van der Waals surface area contributed by atoms with E-state index in [0.717, 1.165) is 76.5 Å². The fraction of sp³-hybridized carbons (Fsp3) is 0.765. The van der Waals surface area contributed by atoms with Gasteiger partial charge in [0, 0.05) is 30.3 Å². The monoisotopic (exact) mass is 530 g/mol. The Labute approximate surface area is 234 Å². The average molecular weight is 531 g/mol. The highest BCUT2D eigenvalue weighted by Crippen LogP contribution is 2.74. The highest BCUT2D eigenvalue weighted by Gasteiger charge is 2.70. The number of Topliss-reactive ketones (excluding diaryl/α,β-unsaturated/α-hetero) is 1. The number of amides is 1. The maximum absolute atomic E-state index is 14.5. The van der Waals surface area contributed by atoms with E-state index in [4.69, 9.17) is 0 Å². The molecule has 0 spiro atoms. The predicted molar refractivity (Wildman–Crippen MR) is 150 cm³/mol. The summed E-state index contributed by atoms with van der Waals surface area (Å²) in [5, 5.41) is 9.82. The summed E-state index contributed by atoms with van der Waals surface area (Å²) in [6, 6.07) is 2.18. The van der Waals surface area contributed by atoms with E-state index in [1.54, 1.807) is 0 Å². The van der Waals surface area contributed by atoms with Crippen LogP contribution in [-0.4, -0.2) is 35.5 Å². The molecule has 0 N–H and O–H groups in total. The van der Waals surface area contributed by atoms with Gasteiger partial charge in [-0.3, -0.25) is 14.4 Å². The molecule has 8 atom stereocenters. The highest BCUT2D eigenvalue weighted by atomic mass is 16.2. The second kappa shape index (κ2) is 8.40. The Balaban J connectivity index is 1.49. The van der Waals surface area contributed by atoms with Gasteiger partial charge in [0.2, 0.25) is 5.91 Å². The molecule has 39 heavy (non-hydrogen) atoms. The summed E-state index contributed by atoms with van der Waals surface area (Å²) in [7, 11) is 0. The summed E-state index contributed by atoms with van der Waals surface area (Å²) in [4.78, 5) is 43.9. The Hall–Kier alpha value is -2.22. The zero-order chi connectivity index (χ0) is 28.2. The number of hydrogen-bond donors (Lipinski definition) is 0. The minimum atomic E-state index is -0.485. The molecule has 1 amide bonds. The van der Waals surface area contributed by atoms with Gasteiger partial charge in [0.25, 0.3) is 0 Å². The van der Waals surface area contributed by atoms with Crippen LogP contribution >= 0.6 is 0 Å². The number of carbonyl (C=O) groups is 3. The van der Waals surface area contributed by atoms with Crippen molar-refractivity contribution in [2.45, 2.75) is 99.3 Å². The number of rotatable bonds is 1. The SMILES string of the molecule is C[C@@H]1C(=O)C(C#N)=C[C@]2(C)C3=CC(=O)C4C5CC(C)(C)CC[C@]5(C(=O)N5CCCC5)CC[C@@]4(C)[C@]3(C)CC[C@@H]12. The van der Waals surface area contributed by atoms with Crippen molar-refractivity contribution in [3.05, 3.63) is 23.3 Å². The van der Waals surface area contributed by atoms with Crippen molar-refractivity contribution < 1.29 is 14.4 Å². The van der Waals surface area contributed by atoms with E-state index in [1.807, 2.05) is 19.1 Å². The molecule has 1 heterocycles. The summed E-state index contributed by atoms with van der Waals surface area (Å²) >= 11 is 0. The molecule has 210 valence electrons. The molecule has 5 aliphatic carbocycles. The Morgan fingerprint density at radius 2 is 1.64 bits per heavy atom. The van der Waals surface area contributed by atoms with Crippen molar-refractivity contribution >= 4 is 17.5 Å². The largest absolute Gasteiger partial charge is 0.342 e. The van der Waals surface area contributed by atoms with Crippen molar-refractivity contribution in [2.75, 3.05) is 13.1 Å². The molecule has 6 aliphatic rings. The van der Waals surface area contributed by atoms with Gasteiger partial charge in [-0.1, -0.05) is 53.2 Å². The highest BCUT2D eigenvalue weighted by molar-refractivity contribution is 6.02. The Bertz CT molecular complexity index is 1250. The third kappa shape index (κ3) is 3.39. The lowest BCUT2D eigenvalue weighted by Crippen LogP contribution is -2.66. The predicted octanol–water partition coefficient (Wildman–Crippen LogP) is 6.44. The van der Waals surface area contributed by atoms with E-state index >= 15 is 0 Å². The van der Waals surface area contributed by atoms with Gasteiger partial charge in [0.05, 0.1) is 11.0 Å². The molecule has 2 unspecified atom stereocenters. The van der Waals surface area contributed by atoms with Gasteiger partial charge in [-0.25, -0.2) is 0 Å². The Kier molecular flexibility index (Phi) is 5.81. The fourth-order valence-corrected chi connectivity index (χ4v) is 10.9. The summed E-state index contributed by atoms with van der Waals surface area (Å²) in [5.41, 5.74) is 0.0901. The molecule has 3 saturated carbocycles. The minimum Gasteiger partial charge on any atom is -0.342 e. The summed E-state index contributed by atoms with van der Waals surface area (Å²) in [6.07, 6.45) is 12.5. The van der Waals surface area contributed by atoms with Crippen LogP contribution in [0.5, 0.6) is 0 Å². The number of nitrogens with zero attached hydrogens (tertiary/aromatic N) is 2. The summed E-state index contributed by atoms with van der Waals surface area (Å²) in [6.45, 7) is 15.2. The molecule has 4 fully saturated rings. The number of likely N-dealkylation sites (tertiary alicyclic amines) is 1. The number of nitriles is 1. The average Bonchev–Trinajstić information content (AvgIpc) is 3.42. The van der Waals surface area contributed by atoms with E-state index in [1.165, 1.54) is 0 Å². The lowest BCUT2D eigenvalue weighted by Gasteiger charge is -2.68. The molecule has 6 rings (SSSR count). The molecular weight excluding hydrogens is 484 g/mol. The second-order valence-electron chi connectivity index (χ2n) is 15.6. The maximum Gasteiger partial charge on any atom is 0.229 e.